The van der Waals surface area contributed by atoms with Crippen molar-refractivity contribution < 1.29 is 33.7 Å². The van der Waals surface area contributed by atoms with Crippen molar-refractivity contribution in [2.75, 3.05) is 7.05 Å². The summed E-state index contributed by atoms with van der Waals surface area (Å²) in [7, 11) is 0.614. The molecule has 31 heavy (non-hydrogen) atoms. The van der Waals surface area contributed by atoms with E-state index in [9.17, 15) is 10.2 Å². The fourth-order valence-electron chi connectivity index (χ4n) is 3.25. The van der Waals surface area contributed by atoms with Crippen LogP contribution in [0.25, 0.3) is 0 Å². The van der Waals surface area contributed by atoms with Crippen LogP contribution in [0.1, 0.15) is 25.0 Å². The number of fused-ring (bicyclic) bond motifs is 1. The highest BCUT2D eigenvalue weighted by Gasteiger charge is 2.30. The third kappa shape index (κ3) is 5.00. The van der Waals surface area contributed by atoms with Crippen molar-refractivity contribution in [3.8, 4) is 11.5 Å². The molecule has 0 atom stereocenters. The number of rotatable bonds is 4. The van der Waals surface area contributed by atoms with E-state index in [2.05, 4.69) is 0 Å². The zero-order valence-electron chi connectivity index (χ0n) is 17.6. The van der Waals surface area contributed by atoms with Gasteiger partial charge in [0.25, 0.3) is 11.9 Å². The highest BCUT2D eigenvalue weighted by Crippen LogP contribution is 2.33. The van der Waals surface area contributed by atoms with E-state index in [-0.39, 0.29) is 11.9 Å². The predicted octanol–water partition coefficient (Wildman–Crippen LogP) is 3.30. The number of hydrogen-bond acceptors (Lipinski definition) is 8. The Hall–Kier alpha value is -3.46. The van der Waals surface area contributed by atoms with Gasteiger partial charge >= 0.3 is 7.12 Å². The second-order valence-electron chi connectivity index (χ2n) is 7.71. The van der Waals surface area contributed by atoms with Crippen molar-refractivity contribution >= 4 is 12.6 Å². The highest BCUT2D eigenvalue weighted by atomic mass is 16.7. The average molecular weight is 425 g/mol. The molecule has 2 heterocycles. The van der Waals surface area contributed by atoms with Gasteiger partial charge in [-0.05, 0) is 23.8 Å². The summed E-state index contributed by atoms with van der Waals surface area (Å²) in [6.07, 6.45) is 2.64. The van der Waals surface area contributed by atoms with Gasteiger partial charge in [-0.15, -0.1) is 0 Å². The van der Waals surface area contributed by atoms with E-state index in [0.29, 0.717) is 24.4 Å². The molecule has 0 spiro atoms. The molecule has 0 unspecified atom stereocenters. The number of ether oxygens (including phenoxy) is 3. The van der Waals surface area contributed by atoms with Gasteiger partial charge in [-0.2, -0.15) is 0 Å². The molecule has 8 nitrogen and oxygen atoms in total. The van der Waals surface area contributed by atoms with Crippen LogP contribution >= 0.6 is 0 Å². The number of benzene rings is 2. The first kappa shape index (κ1) is 20.8. The summed E-state index contributed by atoms with van der Waals surface area (Å²) in [5.74, 6) is 0.129. The Balaban J connectivity index is 1.43. The minimum atomic E-state index is -1.01. The molecule has 2 aliphatic heterocycles. The topological polar surface area (TPSA) is 89.9 Å². The molecule has 0 amide bonds. The van der Waals surface area contributed by atoms with Gasteiger partial charge < -0.3 is 38.6 Å². The second kappa shape index (κ2) is 8.35. The molecule has 0 fully saturated rings. The van der Waals surface area contributed by atoms with Crippen LogP contribution in [0.2, 0.25) is 0 Å². The van der Waals surface area contributed by atoms with Crippen molar-refractivity contribution in [3.63, 3.8) is 0 Å². The first-order valence-electron chi connectivity index (χ1n) is 9.82. The van der Waals surface area contributed by atoms with E-state index in [1.165, 1.54) is 17.3 Å². The lowest BCUT2D eigenvalue weighted by Gasteiger charge is -2.33. The largest absolute Gasteiger partial charge is 0.636 e. The Kier molecular flexibility index (Phi) is 5.60. The molecule has 0 bridgehead atoms. The van der Waals surface area contributed by atoms with Crippen LogP contribution in [0.15, 0.2) is 66.8 Å². The monoisotopic (exact) mass is 425 g/mol. The van der Waals surface area contributed by atoms with E-state index in [4.69, 9.17) is 23.5 Å². The molecule has 9 heteroatoms. The van der Waals surface area contributed by atoms with Crippen molar-refractivity contribution in [1.82, 2.24) is 4.90 Å². The summed E-state index contributed by atoms with van der Waals surface area (Å²) in [6, 6.07) is 12.8. The molecular formula is C22H24BNO7. The van der Waals surface area contributed by atoms with E-state index >= 15 is 0 Å². The van der Waals surface area contributed by atoms with Crippen LogP contribution in [0.3, 0.4) is 0 Å². The maximum Gasteiger partial charge on any atom is 0.636 e. The van der Waals surface area contributed by atoms with Crippen LogP contribution in [-0.2, 0) is 27.3 Å². The fourth-order valence-corrected chi connectivity index (χ4v) is 3.25. The minimum absolute atomic E-state index is 0.335. The maximum atomic E-state index is 9.86. The highest BCUT2D eigenvalue weighted by molar-refractivity contribution is 6.61. The minimum Gasteiger partial charge on any atom is -0.494 e. The molecule has 0 saturated carbocycles. The van der Waals surface area contributed by atoms with Crippen LogP contribution in [0.4, 0.5) is 0 Å². The molecule has 2 aliphatic rings. The van der Waals surface area contributed by atoms with Crippen molar-refractivity contribution in [2.24, 2.45) is 0 Å². The van der Waals surface area contributed by atoms with Crippen molar-refractivity contribution in [1.29, 1.82) is 0 Å². The summed E-state index contributed by atoms with van der Waals surface area (Å²) < 4.78 is 28.3. The second-order valence-corrected chi connectivity index (χ2v) is 7.71. The number of nitrogens with zero attached hydrogens (tertiary/aromatic N) is 1. The standard InChI is InChI=1S/C22H24BNO7/c1-22(2)28-14-18-15(5-4-6-19(18)29-22)13-27-17-9-7-16(8-10-17)23-30-20(25)11-24(3)12-21(26)31-23/h4-12,25-26H,13-14H2,1-3H3/b20-11-,21-12?. The lowest BCUT2D eigenvalue weighted by atomic mass is 9.79. The molecule has 2 N–H and O–H groups in total. The quantitative estimate of drug-likeness (QED) is 0.722. The summed E-state index contributed by atoms with van der Waals surface area (Å²) in [5, 5.41) is 19.7. The summed E-state index contributed by atoms with van der Waals surface area (Å²) in [4.78, 5) is 1.41. The summed E-state index contributed by atoms with van der Waals surface area (Å²) in [5.41, 5.74) is 2.56. The average Bonchev–Trinajstić information content (AvgIpc) is 2.70. The molecule has 0 aliphatic carbocycles. The molecule has 2 aromatic rings. The Morgan fingerprint density at radius 2 is 1.71 bits per heavy atom. The van der Waals surface area contributed by atoms with Gasteiger partial charge in [0.15, 0.2) is 0 Å². The van der Waals surface area contributed by atoms with Gasteiger partial charge in [-0.1, -0.05) is 24.3 Å². The Bertz CT molecular complexity index is 981. The molecule has 2 aromatic carbocycles. The van der Waals surface area contributed by atoms with E-state index in [1.807, 2.05) is 32.0 Å². The third-order valence-electron chi connectivity index (χ3n) is 4.78. The van der Waals surface area contributed by atoms with E-state index in [0.717, 1.165) is 16.9 Å². The molecule has 0 radical (unpaired) electrons. The van der Waals surface area contributed by atoms with Crippen LogP contribution < -0.4 is 14.9 Å². The smallest absolute Gasteiger partial charge is 0.494 e. The van der Waals surface area contributed by atoms with Gasteiger partial charge in [0.05, 0.1) is 19.0 Å². The molecular weight excluding hydrogens is 401 g/mol. The van der Waals surface area contributed by atoms with Gasteiger partial charge in [-0.3, -0.25) is 0 Å². The molecule has 4 rings (SSSR count). The van der Waals surface area contributed by atoms with Crippen LogP contribution in [-0.4, -0.2) is 35.1 Å². The normalized spacial score (nSPS) is 19.3. The Labute approximate surface area is 181 Å². The van der Waals surface area contributed by atoms with Crippen LogP contribution in [0, 0.1) is 0 Å². The number of aliphatic hydroxyl groups excluding tert-OH is 2. The molecule has 0 saturated heterocycles. The molecule has 162 valence electrons. The number of hydrogen-bond donors (Lipinski definition) is 2. The Morgan fingerprint density at radius 3 is 2.39 bits per heavy atom. The lowest BCUT2D eigenvalue weighted by Crippen LogP contribution is -2.37. The first-order chi connectivity index (χ1) is 14.8. The van der Waals surface area contributed by atoms with Gasteiger partial charge in [0.1, 0.15) is 18.1 Å². The zero-order valence-corrected chi connectivity index (χ0v) is 17.6. The number of aliphatic hydroxyl groups is 2. The maximum absolute atomic E-state index is 9.86. The van der Waals surface area contributed by atoms with Gasteiger partial charge in [-0.25, -0.2) is 0 Å². The van der Waals surface area contributed by atoms with E-state index in [1.54, 1.807) is 31.3 Å². The van der Waals surface area contributed by atoms with E-state index < -0.39 is 12.9 Å². The third-order valence-corrected chi connectivity index (χ3v) is 4.78. The zero-order chi connectivity index (χ0) is 22.0. The van der Waals surface area contributed by atoms with Crippen molar-refractivity contribution in [2.45, 2.75) is 32.8 Å². The summed E-state index contributed by atoms with van der Waals surface area (Å²) in [6.45, 7) is 4.58. The SMILES string of the molecule is CN1C=C(O)OB(c2ccc(OCc3cccc4c3COC(C)(C)O4)cc2)O/C(O)=C\1. The fraction of sp³-hybridized carbons (Fsp3) is 0.273. The van der Waals surface area contributed by atoms with Crippen molar-refractivity contribution in [3.05, 3.63) is 77.9 Å². The Morgan fingerprint density at radius 1 is 1.03 bits per heavy atom. The lowest BCUT2D eigenvalue weighted by molar-refractivity contribution is -0.180. The summed E-state index contributed by atoms with van der Waals surface area (Å²) >= 11 is 0. The first-order valence-corrected chi connectivity index (χ1v) is 9.82. The molecule has 0 aromatic heterocycles. The van der Waals surface area contributed by atoms with Gasteiger partial charge in [0.2, 0.25) is 5.79 Å². The van der Waals surface area contributed by atoms with Gasteiger partial charge in [0, 0.05) is 31.9 Å². The predicted molar refractivity (Wildman–Crippen MR) is 113 cm³/mol. The van der Waals surface area contributed by atoms with Crippen LogP contribution in [0.5, 0.6) is 11.5 Å².